The van der Waals surface area contributed by atoms with Gasteiger partial charge in [-0.3, -0.25) is 0 Å². The first-order chi connectivity index (χ1) is 9.31. The van der Waals surface area contributed by atoms with Crippen molar-refractivity contribution < 1.29 is 8.42 Å². The van der Waals surface area contributed by atoms with Crippen molar-refractivity contribution in [1.29, 1.82) is 0 Å². The largest absolute Gasteiger partial charge is 0.398 e. The first-order valence-corrected chi connectivity index (χ1v) is 8.72. The Labute approximate surface area is 135 Å². The standard InChI is InChI=1S/C13H10BrCl2NO2S/c14-10-2-1-3-12(17)9(10)7-20(18,19)13-6-8(15)4-5-11(13)16/h1-6H,7,17H2. The molecule has 106 valence electrons. The third kappa shape index (κ3) is 3.28. The van der Waals surface area contributed by atoms with Crippen LogP contribution in [0.5, 0.6) is 0 Å². The van der Waals surface area contributed by atoms with Gasteiger partial charge in [0.25, 0.3) is 0 Å². The molecule has 0 bridgehead atoms. The van der Waals surface area contributed by atoms with Crippen LogP contribution in [0.15, 0.2) is 45.8 Å². The summed E-state index contributed by atoms with van der Waals surface area (Å²) < 4.78 is 25.6. The summed E-state index contributed by atoms with van der Waals surface area (Å²) in [4.78, 5) is 0.00168. The van der Waals surface area contributed by atoms with Crippen molar-refractivity contribution in [1.82, 2.24) is 0 Å². The summed E-state index contributed by atoms with van der Waals surface area (Å²) in [5.41, 5.74) is 6.73. The maximum absolute atomic E-state index is 12.5. The van der Waals surface area contributed by atoms with Crippen molar-refractivity contribution in [3.8, 4) is 0 Å². The second-order valence-electron chi connectivity index (χ2n) is 4.14. The Morgan fingerprint density at radius 1 is 1.15 bits per heavy atom. The Kier molecular flexibility index (Phi) is 4.64. The van der Waals surface area contributed by atoms with Crippen LogP contribution in [0.2, 0.25) is 10.0 Å². The van der Waals surface area contributed by atoms with Gasteiger partial charge < -0.3 is 5.73 Å². The van der Waals surface area contributed by atoms with Crippen LogP contribution in [0.4, 0.5) is 5.69 Å². The van der Waals surface area contributed by atoms with Crippen LogP contribution in [0.25, 0.3) is 0 Å². The molecule has 2 N–H and O–H groups in total. The predicted molar refractivity (Wildman–Crippen MR) is 85.9 cm³/mol. The van der Waals surface area contributed by atoms with E-state index in [1.165, 1.54) is 18.2 Å². The summed E-state index contributed by atoms with van der Waals surface area (Å²) in [6.07, 6.45) is 0. The van der Waals surface area contributed by atoms with Crippen molar-refractivity contribution in [3.63, 3.8) is 0 Å². The molecule has 0 saturated carbocycles. The van der Waals surface area contributed by atoms with Gasteiger partial charge in [0.05, 0.1) is 15.7 Å². The van der Waals surface area contributed by atoms with E-state index in [-0.39, 0.29) is 15.7 Å². The first-order valence-electron chi connectivity index (χ1n) is 5.52. The van der Waals surface area contributed by atoms with Crippen LogP contribution in [0.1, 0.15) is 5.56 Å². The van der Waals surface area contributed by atoms with Gasteiger partial charge in [0.15, 0.2) is 9.84 Å². The lowest BCUT2D eigenvalue weighted by molar-refractivity contribution is 0.595. The summed E-state index contributed by atoms with van der Waals surface area (Å²) in [5.74, 6) is -0.250. The molecule has 7 heteroatoms. The summed E-state index contributed by atoms with van der Waals surface area (Å²) >= 11 is 15.1. The van der Waals surface area contributed by atoms with E-state index >= 15 is 0 Å². The number of nitrogen functional groups attached to an aromatic ring is 1. The molecule has 0 radical (unpaired) electrons. The fourth-order valence-corrected chi connectivity index (χ4v) is 4.65. The van der Waals surface area contributed by atoms with Gasteiger partial charge in [0.2, 0.25) is 0 Å². The van der Waals surface area contributed by atoms with E-state index in [4.69, 9.17) is 28.9 Å². The zero-order valence-corrected chi connectivity index (χ0v) is 14.0. The number of sulfone groups is 1. The highest BCUT2D eigenvalue weighted by Gasteiger charge is 2.21. The molecule has 3 nitrogen and oxygen atoms in total. The summed E-state index contributed by atoms with van der Waals surface area (Å²) in [7, 11) is -3.64. The van der Waals surface area contributed by atoms with Gasteiger partial charge in [-0.05, 0) is 30.3 Å². The first kappa shape index (κ1) is 15.6. The molecule has 0 unspecified atom stereocenters. The average molecular weight is 395 g/mol. The number of rotatable bonds is 3. The fraction of sp³-hybridized carbons (Fsp3) is 0.0769. The van der Waals surface area contributed by atoms with Crippen LogP contribution >= 0.6 is 39.1 Å². The van der Waals surface area contributed by atoms with Gasteiger partial charge >= 0.3 is 0 Å². The maximum atomic E-state index is 12.5. The third-order valence-corrected chi connectivity index (χ3v) is 5.81. The molecule has 0 amide bonds. The van der Waals surface area contributed by atoms with Crippen molar-refractivity contribution in [3.05, 3.63) is 56.5 Å². The second-order valence-corrected chi connectivity index (χ2v) is 7.80. The minimum Gasteiger partial charge on any atom is -0.398 e. The van der Waals surface area contributed by atoms with Crippen molar-refractivity contribution in [2.45, 2.75) is 10.6 Å². The minimum absolute atomic E-state index is 0.00168. The average Bonchev–Trinajstić information content (AvgIpc) is 2.37. The molecule has 0 heterocycles. The van der Waals surface area contributed by atoms with E-state index in [0.717, 1.165) is 0 Å². The molecule has 0 saturated heterocycles. The van der Waals surface area contributed by atoms with Crippen LogP contribution < -0.4 is 5.73 Å². The number of anilines is 1. The molecule has 0 aromatic heterocycles. The Hall–Kier alpha value is -0.750. The number of hydrogen-bond acceptors (Lipinski definition) is 3. The van der Waals surface area contributed by atoms with E-state index < -0.39 is 9.84 Å². The van der Waals surface area contributed by atoms with E-state index in [1.54, 1.807) is 18.2 Å². The molecular formula is C13H10BrCl2NO2S. The van der Waals surface area contributed by atoms with Crippen molar-refractivity contribution in [2.75, 3.05) is 5.73 Å². The number of halogens is 3. The molecule has 0 aliphatic carbocycles. The molecule has 2 aromatic carbocycles. The van der Waals surface area contributed by atoms with Gasteiger partial charge in [0.1, 0.15) is 0 Å². The van der Waals surface area contributed by atoms with E-state index in [0.29, 0.717) is 20.7 Å². The molecule has 0 aliphatic rings. The van der Waals surface area contributed by atoms with E-state index in [2.05, 4.69) is 15.9 Å². The van der Waals surface area contributed by atoms with Crippen molar-refractivity contribution >= 4 is 54.7 Å². The van der Waals surface area contributed by atoms with Crippen LogP contribution in [-0.2, 0) is 15.6 Å². The van der Waals surface area contributed by atoms with Gasteiger partial charge in [-0.25, -0.2) is 8.42 Å². The zero-order chi connectivity index (χ0) is 14.9. The summed E-state index contributed by atoms with van der Waals surface area (Å²) in [6.45, 7) is 0. The highest BCUT2D eigenvalue weighted by atomic mass is 79.9. The molecule has 0 aliphatic heterocycles. The lowest BCUT2D eigenvalue weighted by Gasteiger charge is -2.10. The SMILES string of the molecule is Nc1cccc(Br)c1CS(=O)(=O)c1cc(Cl)ccc1Cl. The van der Waals surface area contributed by atoms with E-state index in [1.807, 2.05) is 0 Å². The maximum Gasteiger partial charge on any atom is 0.184 e. The summed E-state index contributed by atoms with van der Waals surface area (Å²) in [6, 6.07) is 9.46. The second kappa shape index (κ2) is 5.93. The lowest BCUT2D eigenvalue weighted by atomic mass is 10.2. The Bertz CT molecular complexity index is 743. The molecule has 2 rings (SSSR count). The normalized spacial score (nSPS) is 11.6. The molecule has 0 spiro atoms. The van der Waals surface area contributed by atoms with Crippen LogP contribution in [0, 0.1) is 0 Å². The Balaban J connectivity index is 2.49. The topological polar surface area (TPSA) is 60.2 Å². The van der Waals surface area contributed by atoms with Gasteiger partial charge in [-0.1, -0.05) is 45.2 Å². The van der Waals surface area contributed by atoms with Gasteiger partial charge in [-0.15, -0.1) is 0 Å². The molecule has 20 heavy (non-hydrogen) atoms. The third-order valence-electron chi connectivity index (χ3n) is 2.72. The fourth-order valence-electron chi connectivity index (χ4n) is 1.71. The number of hydrogen-bond donors (Lipinski definition) is 1. The van der Waals surface area contributed by atoms with Gasteiger partial charge in [0, 0.05) is 20.7 Å². The number of nitrogens with two attached hydrogens (primary N) is 1. The minimum atomic E-state index is -3.64. The molecule has 2 aromatic rings. The zero-order valence-electron chi connectivity index (χ0n) is 10.1. The Morgan fingerprint density at radius 3 is 2.50 bits per heavy atom. The monoisotopic (exact) mass is 393 g/mol. The summed E-state index contributed by atoms with van der Waals surface area (Å²) in [5, 5.41) is 0.452. The van der Waals surface area contributed by atoms with Crippen LogP contribution in [-0.4, -0.2) is 8.42 Å². The van der Waals surface area contributed by atoms with E-state index in [9.17, 15) is 8.42 Å². The number of benzene rings is 2. The molecular weight excluding hydrogens is 385 g/mol. The lowest BCUT2D eigenvalue weighted by Crippen LogP contribution is -2.08. The molecule has 0 fully saturated rings. The van der Waals surface area contributed by atoms with Gasteiger partial charge in [-0.2, -0.15) is 0 Å². The van der Waals surface area contributed by atoms with Crippen molar-refractivity contribution in [2.24, 2.45) is 0 Å². The highest BCUT2D eigenvalue weighted by molar-refractivity contribution is 9.10. The predicted octanol–water partition coefficient (Wildman–Crippen LogP) is 4.31. The molecule has 0 atom stereocenters. The quantitative estimate of drug-likeness (QED) is 0.789. The smallest absolute Gasteiger partial charge is 0.184 e. The highest BCUT2D eigenvalue weighted by Crippen LogP contribution is 2.31. The van der Waals surface area contributed by atoms with Crippen LogP contribution in [0.3, 0.4) is 0 Å². The Morgan fingerprint density at radius 2 is 1.85 bits per heavy atom.